The van der Waals surface area contributed by atoms with Crippen LogP contribution in [0.2, 0.25) is 5.02 Å². The molecule has 0 saturated carbocycles. The first-order chi connectivity index (χ1) is 12.3. The van der Waals surface area contributed by atoms with Crippen molar-refractivity contribution in [3.05, 3.63) is 22.8 Å². The second kappa shape index (κ2) is 9.41. The zero-order valence-corrected chi connectivity index (χ0v) is 15.5. The molecule has 0 spiro atoms. The molecule has 1 fully saturated rings. The monoisotopic (exact) mass is 392 g/mol. The van der Waals surface area contributed by atoms with Gasteiger partial charge in [0, 0.05) is 31.7 Å². The summed E-state index contributed by atoms with van der Waals surface area (Å²) in [5.41, 5.74) is -0.905. The van der Waals surface area contributed by atoms with Crippen LogP contribution >= 0.6 is 11.6 Å². The molecule has 1 aromatic rings. The van der Waals surface area contributed by atoms with Gasteiger partial charge in [0.2, 0.25) is 5.91 Å². The van der Waals surface area contributed by atoms with Crippen LogP contribution in [0.3, 0.4) is 0 Å². The smallest absolute Gasteiger partial charge is 0.368 e. The number of nitrogens with zero attached hydrogens (tertiary/aromatic N) is 2. The summed E-state index contributed by atoms with van der Waals surface area (Å²) in [6, 6.07) is 0.867. The molecule has 1 atom stereocenters. The van der Waals surface area contributed by atoms with Gasteiger partial charge in [-0.15, -0.1) is 0 Å². The van der Waals surface area contributed by atoms with Crippen molar-refractivity contribution in [1.82, 2.24) is 15.2 Å². The Hall–Kier alpha value is -1.54. The van der Waals surface area contributed by atoms with E-state index in [0.29, 0.717) is 0 Å². The SMILES string of the molecule is CC(CN1CCCCC1)NC(=O)CCNc1ncc(C(F)(F)F)cc1Cl. The maximum atomic E-state index is 12.6. The number of pyridine rings is 1. The Balaban J connectivity index is 1.72. The van der Waals surface area contributed by atoms with E-state index in [1.807, 2.05) is 6.92 Å². The zero-order chi connectivity index (χ0) is 19.2. The quantitative estimate of drug-likeness (QED) is 0.745. The highest BCUT2D eigenvalue weighted by molar-refractivity contribution is 6.32. The number of anilines is 1. The number of alkyl halides is 3. The molecule has 0 radical (unpaired) electrons. The van der Waals surface area contributed by atoms with E-state index in [1.54, 1.807) is 0 Å². The van der Waals surface area contributed by atoms with Crippen LogP contribution in [0.1, 0.15) is 38.2 Å². The molecule has 1 aromatic heterocycles. The normalized spacial score (nSPS) is 17.0. The highest BCUT2D eigenvalue weighted by Gasteiger charge is 2.31. The molecule has 1 saturated heterocycles. The molecule has 1 unspecified atom stereocenters. The lowest BCUT2D eigenvalue weighted by Gasteiger charge is -2.29. The number of amides is 1. The first kappa shape index (κ1) is 20.8. The minimum absolute atomic E-state index is 0.0494. The number of hydrogen-bond acceptors (Lipinski definition) is 4. The fourth-order valence-electron chi connectivity index (χ4n) is 2.94. The topological polar surface area (TPSA) is 57.3 Å². The molecule has 146 valence electrons. The molecule has 9 heteroatoms. The van der Waals surface area contributed by atoms with Gasteiger partial charge in [-0.2, -0.15) is 13.2 Å². The highest BCUT2D eigenvalue weighted by Crippen LogP contribution is 2.32. The number of halogens is 4. The summed E-state index contributed by atoms with van der Waals surface area (Å²) in [5, 5.41) is 5.60. The van der Waals surface area contributed by atoms with E-state index < -0.39 is 11.7 Å². The zero-order valence-electron chi connectivity index (χ0n) is 14.7. The van der Waals surface area contributed by atoms with Crippen molar-refractivity contribution in [2.24, 2.45) is 0 Å². The summed E-state index contributed by atoms with van der Waals surface area (Å²) in [6.07, 6.45) is 0.0817. The van der Waals surface area contributed by atoms with Crippen molar-refractivity contribution in [3.8, 4) is 0 Å². The number of carbonyl (C=O) groups is 1. The van der Waals surface area contributed by atoms with E-state index in [4.69, 9.17) is 11.6 Å². The molecule has 2 rings (SSSR count). The summed E-state index contributed by atoms with van der Waals surface area (Å²) < 4.78 is 37.7. The van der Waals surface area contributed by atoms with E-state index >= 15 is 0 Å². The Morgan fingerprint density at radius 1 is 1.35 bits per heavy atom. The fraction of sp³-hybridized carbons (Fsp3) is 0.647. The third-order valence-electron chi connectivity index (χ3n) is 4.20. The summed E-state index contributed by atoms with van der Waals surface area (Å²) >= 11 is 5.81. The lowest BCUT2D eigenvalue weighted by Crippen LogP contribution is -2.44. The molecule has 5 nitrogen and oxygen atoms in total. The largest absolute Gasteiger partial charge is 0.417 e. The first-order valence-corrected chi connectivity index (χ1v) is 9.12. The molecule has 0 aromatic carbocycles. The number of nitrogens with one attached hydrogen (secondary N) is 2. The number of rotatable bonds is 7. The van der Waals surface area contributed by atoms with Crippen LogP contribution in [-0.2, 0) is 11.0 Å². The first-order valence-electron chi connectivity index (χ1n) is 8.74. The average molecular weight is 393 g/mol. The average Bonchev–Trinajstić information content (AvgIpc) is 2.56. The second-order valence-corrected chi connectivity index (χ2v) is 6.97. The van der Waals surface area contributed by atoms with Crippen LogP contribution in [0, 0.1) is 0 Å². The van der Waals surface area contributed by atoms with Gasteiger partial charge in [-0.3, -0.25) is 4.79 Å². The van der Waals surface area contributed by atoms with E-state index in [9.17, 15) is 18.0 Å². The Morgan fingerprint density at radius 2 is 2.04 bits per heavy atom. The Bertz CT molecular complexity index is 606. The number of carbonyl (C=O) groups excluding carboxylic acids is 1. The Morgan fingerprint density at radius 3 is 2.65 bits per heavy atom. The van der Waals surface area contributed by atoms with E-state index in [0.717, 1.165) is 31.9 Å². The number of piperidine rings is 1. The van der Waals surface area contributed by atoms with Gasteiger partial charge in [-0.1, -0.05) is 18.0 Å². The number of hydrogen-bond donors (Lipinski definition) is 2. The van der Waals surface area contributed by atoms with Crippen molar-refractivity contribution < 1.29 is 18.0 Å². The molecular formula is C17H24ClF3N4O. The van der Waals surface area contributed by atoms with Gasteiger partial charge in [0.15, 0.2) is 0 Å². The molecule has 0 bridgehead atoms. The summed E-state index contributed by atoms with van der Waals surface area (Å²) in [6.45, 7) is 5.17. The van der Waals surface area contributed by atoms with Gasteiger partial charge >= 0.3 is 6.18 Å². The van der Waals surface area contributed by atoms with Crippen molar-refractivity contribution in [2.75, 3.05) is 31.5 Å². The summed E-state index contributed by atoms with van der Waals surface area (Å²) in [5.74, 6) is 0.0128. The standard InChI is InChI=1S/C17H24ClF3N4O/c1-12(11-25-7-3-2-4-8-25)24-15(26)5-6-22-16-14(18)9-13(10-23-16)17(19,20)21/h9-10,12H,2-8,11H2,1H3,(H,22,23)(H,24,26). The highest BCUT2D eigenvalue weighted by atomic mass is 35.5. The summed E-state index contributed by atoms with van der Waals surface area (Å²) in [4.78, 5) is 18.0. The molecule has 2 heterocycles. The van der Waals surface area contributed by atoms with Crippen molar-refractivity contribution in [2.45, 2.75) is 44.8 Å². The van der Waals surface area contributed by atoms with Gasteiger partial charge in [0.1, 0.15) is 5.82 Å². The van der Waals surface area contributed by atoms with E-state index in [2.05, 4.69) is 20.5 Å². The lowest BCUT2D eigenvalue weighted by atomic mass is 10.1. The van der Waals surface area contributed by atoms with Crippen LogP contribution in [0.5, 0.6) is 0 Å². The van der Waals surface area contributed by atoms with Crippen LogP contribution in [0.4, 0.5) is 19.0 Å². The third kappa shape index (κ3) is 6.64. The lowest BCUT2D eigenvalue weighted by molar-refractivity contribution is -0.137. The number of likely N-dealkylation sites (tertiary alicyclic amines) is 1. The Kier molecular flexibility index (Phi) is 7.52. The van der Waals surface area contributed by atoms with Gasteiger partial charge in [-0.25, -0.2) is 4.98 Å². The third-order valence-corrected chi connectivity index (χ3v) is 4.49. The van der Waals surface area contributed by atoms with Crippen molar-refractivity contribution in [1.29, 1.82) is 0 Å². The molecule has 0 aliphatic carbocycles. The predicted molar refractivity (Wildman–Crippen MR) is 95.3 cm³/mol. The van der Waals surface area contributed by atoms with E-state index in [1.165, 1.54) is 19.3 Å². The maximum absolute atomic E-state index is 12.6. The molecule has 2 N–H and O–H groups in total. The second-order valence-electron chi connectivity index (χ2n) is 6.56. The van der Waals surface area contributed by atoms with Crippen LogP contribution in [0.25, 0.3) is 0 Å². The van der Waals surface area contributed by atoms with Crippen LogP contribution in [0.15, 0.2) is 12.3 Å². The molecule has 1 aliphatic rings. The van der Waals surface area contributed by atoms with Crippen molar-refractivity contribution in [3.63, 3.8) is 0 Å². The molecule has 26 heavy (non-hydrogen) atoms. The molecule has 1 aliphatic heterocycles. The predicted octanol–water partition coefficient (Wildman–Crippen LogP) is 3.55. The van der Waals surface area contributed by atoms with Gasteiger partial charge in [0.25, 0.3) is 0 Å². The van der Waals surface area contributed by atoms with Gasteiger partial charge < -0.3 is 15.5 Å². The minimum Gasteiger partial charge on any atom is -0.368 e. The maximum Gasteiger partial charge on any atom is 0.417 e. The summed E-state index contributed by atoms with van der Waals surface area (Å²) in [7, 11) is 0. The molecular weight excluding hydrogens is 369 g/mol. The van der Waals surface area contributed by atoms with Crippen LogP contribution in [-0.4, -0.2) is 48.0 Å². The van der Waals surface area contributed by atoms with Gasteiger partial charge in [0.05, 0.1) is 10.6 Å². The van der Waals surface area contributed by atoms with Gasteiger partial charge in [-0.05, 0) is 38.9 Å². The molecule has 1 amide bonds. The van der Waals surface area contributed by atoms with E-state index in [-0.39, 0.29) is 35.8 Å². The Labute approximate surface area is 156 Å². The van der Waals surface area contributed by atoms with Crippen LogP contribution < -0.4 is 10.6 Å². The minimum atomic E-state index is -4.49. The number of aromatic nitrogens is 1. The van der Waals surface area contributed by atoms with Crippen molar-refractivity contribution >= 4 is 23.3 Å². The fourth-order valence-corrected chi connectivity index (χ4v) is 3.17.